The topological polar surface area (TPSA) is 116 Å². The number of carboxylic acids is 1. The number of non-ortho nitro benzene ring substituents is 1. The Morgan fingerprint density at radius 3 is 2.67 bits per heavy atom. The van der Waals surface area contributed by atoms with Gasteiger partial charge in [-0.3, -0.25) is 20.5 Å². The summed E-state index contributed by atoms with van der Waals surface area (Å²) in [7, 11) is 0. The second kappa shape index (κ2) is 5.74. The van der Waals surface area contributed by atoms with Crippen LogP contribution in [0.2, 0.25) is 5.02 Å². The third-order valence-corrected chi connectivity index (χ3v) is 3.66. The van der Waals surface area contributed by atoms with Crippen molar-refractivity contribution >= 4 is 40.4 Å². The maximum atomic E-state index is 11.4. The highest BCUT2D eigenvalue weighted by molar-refractivity contribution is 6.31. The molecule has 0 fully saturated rings. The number of anilines is 2. The maximum Gasteiger partial charge on any atom is 0.357 e. The number of aliphatic carboxylic acids is 1. The maximum absolute atomic E-state index is 11.4. The highest BCUT2D eigenvalue weighted by Crippen LogP contribution is 2.37. The van der Waals surface area contributed by atoms with E-state index in [4.69, 9.17) is 11.6 Å². The van der Waals surface area contributed by atoms with E-state index in [-0.39, 0.29) is 11.3 Å². The Hall–Kier alpha value is -3.26. The minimum atomic E-state index is -1.38. The molecule has 3 rings (SSSR count). The van der Waals surface area contributed by atoms with Crippen LogP contribution in [0.1, 0.15) is 5.56 Å². The fraction of sp³-hybridized carbons (Fsp3) is 0. The smallest absolute Gasteiger partial charge is 0.357 e. The van der Waals surface area contributed by atoms with E-state index in [2.05, 4.69) is 5.43 Å². The van der Waals surface area contributed by atoms with Crippen LogP contribution in [0.5, 0.6) is 0 Å². The average molecular weight is 348 g/mol. The first kappa shape index (κ1) is 15.6. The molecule has 0 saturated heterocycles. The average Bonchev–Trinajstić information content (AvgIpc) is 2.55. The number of hydrogen-bond donors (Lipinski definition) is 3. The molecule has 2 aromatic carbocycles. The van der Waals surface area contributed by atoms with E-state index in [1.807, 2.05) is 0 Å². The molecule has 3 N–H and O–H groups in total. The van der Waals surface area contributed by atoms with Gasteiger partial charge in [-0.1, -0.05) is 17.7 Å². The summed E-state index contributed by atoms with van der Waals surface area (Å²) in [4.78, 5) is 21.8. The summed E-state index contributed by atoms with van der Waals surface area (Å²) in [5.74, 6) is -1.85. The van der Waals surface area contributed by atoms with Crippen LogP contribution >= 0.6 is 11.6 Å². The zero-order chi connectivity index (χ0) is 17.4. The molecule has 0 radical (unpaired) electrons. The van der Waals surface area contributed by atoms with Gasteiger partial charge in [0.25, 0.3) is 5.69 Å². The van der Waals surface area contributed by atoms with Gasteiger partial charge in [0.15, 0.2) is 11.5 Å². The number of hydrogen-bond acceptors (Lipinski definition) is 6. The van der Waals surface area contributed by atoms with Crippen LogP contribution in [0.15, 0.2) is 48.2 Å². The molecule has 0 spiro atoms. The molecule has 2 aromatic rings. The Morgan fingerprint density at radius 2 is 2.00 bits per heavy atom. The van der Waals surface area contributed by atoms with E-state index in [1.54, 1.807) is 18.2 Å². The number of rotatable bonds is 3. The lowest BCUT2D eigenvalue weighted by molar-refractivity contribution is -0.384. The van der Waals surface area contributed by atoms with Crippen LogP contribution in [0, 0.1) is 10.1 Å². The zero-order valence-corrected chi connectivity index (χ0v) is 12.7. The number of carboxylic acid groups (broad SMARTS) is 1. The number of aliphatic hydroxyl groups excluding tert-OH is 1. The van der Waals surface area contributed by atoms with E-state index in [9.17, 15) is 25.1 Å². The van der Waals surface area contributed by atoms with Crippen molar-refractivity contribution in [2.45, 2.75) is 0 Å². The predicted molar refractivity (Wildman–Crippen MR) is 87.0 cm³/mol. The van der Waals surface area contributed by atoms with Gasteiger partial charge in [-0.25, -0.2) is 4.79 Å². The molecule has 9 heteroatoms. The first-order valence-electron chi connectivity index (χ1n) is 6.66. The van der Waals surface area contributed by atoms with Gasteiger partial charge >= 0.3 is 5.97 Å². The summed E-state index contributed by atoms with van der Waals surface area (Å²) < 4.78 is 0. The van der Waals surface area contributed by atoms with Crippen molar-refractivity contribution in [1.82, 2.24) is 5.43 Å². The van der Waals surface area contributed by atoms with Gasteiger partial charge in [0, 0.05) is 22.7 Å². The van der Waals surface area contributed by atoms with Crippen molar-refractivity contribution in [3.05, 3.63) is 68.9 Å². The molecule has 1 aliphatic heterocycles. The zero-order valence-electron chi connectivity index (χ0n) is 11.9. The number of carbonyl (C=O) groups is 1. The SMILES string of the molecule is O=C(O)C1=C(O)c2cc(Cl)ccc2N(c2cccc([N+](=O)[O-])c2)N1. The molecule has 0 aliphatic carbocycles. The summed E-state index contributed by atoms with van der Waals surface area (Å²) >= 11 is 5.92. The van der Waals surface area contributed by atoms with Crippen LogP contribution in [0.4, 0.5) is 17.1 Å². The number of nitrogens with zero attached hydrogens (tertiary/aromatic N) is 2. The Balaban J connectivity index is 2.19. The Labute approximate surface area is 140 Å². The lowest BCUT2D eigenvalue weighted by Gasteiger charge is -2.32. The van der Waals surface area contributed by atoms with Crippen LogP contribution < -0.4 is 10.4 Å². The van der Waals surface area contributed by atoms with E-state index in [0.717, 1.165) is 0 Å². The van der Waals surface area contributed by atoms with Gasteiger partial charge in [0.1, 0.15) is 0 Å². The Bertz CT molecular complexity index is 896. The van der Waals surface area contributed by atoms with Gasteiger partial charge in [-0.05, 0) is 24.3 Å². The van der Waals surface area contributed by atoms with Gasteiger partial charge in [-0.2, -0.15) is 0 Å². The lowest BCUT2D eigenvalue weighted by Crippen LogP contribution is -2.40. The quantitative estimate of drug-likeness (QED) is 0.576. The van der Waals surface area contributed by atoms with Crippen molar-refractivity contribution < 1.29 is 19.9 Å². The minimum absolute atomic E-state index is 0.152. The fourth-order valence-corrected chi connectivity index (χ4v) is 2.52. The van der Waals surface area contributed by atoms with Crippen LogP contribution in [0.25, 0.3) is 5.76 Å². The van der Waals surface area contributed by atoms with Gasteiger partial charge in [0.2, 0.25) is 0 Å². The molecular formula is C15H10ClN3O5. The molecule has 0 bridgehead atoms. The van der Waals surface area contributed by atoms with Gasteiger partial charge in [0.05, 0.1) is 16.3 Å². The predicted octanol–water partition coefficient (Wildman–Crippen LogP) is 3.22. The lowest BCUT2D eigenvalue weighted by atomic mass is 10.1. The minimum Gasteiger partial charge on any atom is -0.505 e. The standard InChI is InChI=1S/C15H10ClN3O5/c16-8-4-5-12-11(6-8)14(20)13(15(21)22)17-18(12)9-2-1-3-10(7-9)19(23)24/h1-7,17,20H,(H,21,22). The molecule has 0 saturated carbocycles. The van der Waals surface area contributed by atoms with Crippen molar-refractivity contribution in [3.63, 3.8) is 0 Å². The normalized spacial score (nSPS) is 13.3. The van der Waals surface area contributed by atoms with E-state index >= 15 is 0 Å². The molecule has 24 heavy (non-hydrogen) atoms. The highest BCUT2D eigenvalue weighted by atomic mass is 35.5. The Kier molecular flexibility index (Phi) is 3.74. The first-order chi connectivity index (χ1) is 11.4. The third kappa shape index (κ3) is 2.59. The van der Waals surface area contributed by atoms with Crippen LogP contribution in [0.3, 0.4) is 0 Å². The van der Waals surface area contributed by atoms with Crippen molar-refractivity contribution in [2.75, 3.05) is 5.01 Å². The number of nitro groups is 1. The van der Waals surface area contributed by atoms with Crippen molar-refractivity contribution in [3.8, 4) is 0 Å². The molecule has 8 nitrogen and oxygen atoms in total. The number of nitrogens with one attached hydrogen (secondary N) is 1. The summed E-state index contributed by atoms with van der Waals surface area (Å²) in [5.41, 5.74) is 2.88. The summed E-state index contributed by atoms with van der Waals surface area (Å²) in [5, 5.41) is 32.0. The summed E-state index contributed by atoms with van der Waals surface area (Å²) in [6.07, 6.45) is 0. The van der Waals surface area contributed by atoms with E-state index in [1.165, 1.54) is 29.3 Å². The molecule has 0 unspecified atom stereocenters. The van der Waals surface area contributed by atoms with Crippen molar-refractivity contribution in [1.29, 1.82) is 0 Å². The Morgan fingerprint density at radius 1 is 1.25 bits per heavy atom. The fourth-order valence-electron chi connectivity index (χ4n) is 2.35. The first-order valence-corrected chi connectivity index (χ1v) is 7.04. The number of nitro benzene ring substituents is 1. The van der Waals surface area contributed by atoms with Gasteiger partial charge in [-0.15, -0.1) is 0 Å². The van der Waals surface area contributed by atoms with Crippen molar-refractivity contribution in [2.24, 2.45) is 0 Å². The number of hydrazine groups is 1. The molecule has 0 amide bonds. The van der Waals surface area contributed by atoms with E-state index in [0.29, 0.717) is 16.4 Å². The number of aliphatic hydroxyl groups is 1. The third-order valence-electron chi connectivity index (χ3n) is 3.43. The second-order valence-corrected chi connectivity index (χ2v) is 5.35. The van der Waals surface area contributed by atoms with Gasteiger partial charge < -0.3 is 10.2 Å². The molecule has 122 valence electrons. The summed E-state index contributed by atoms with van der Waals surface area (Å²) in [6.45, 7) is 0. The molecule has 0 atom stereocenters. The number of benzene rings is 2. The molecular weight excluding hydrogens is 338 g/mol. The van der Waals surface area contributed by atoms with Crippen LogP contribution in [-0.4, -0.2) is 21.1 Å². The summed E-state index contributed by atoms with van der Waals surface area (Å²) in [6, 6.07) is 10.2. The number of halogens is 1. The van der Waals surface area contributed by atoms with Crippen LogP contribution in [-0.2, 0) is 4.79 Å². The molecule has 1 heterocycles. The highest BCUT2D eigenvalue weighted by Gasteiger charge is 2.29. The monoisotopic (exact) mass is 347 g/mol. The number of fused-ring (bicyclic) bond motifs is 1. The molecule has 0 aromatic heterocycles. The molecule has 1 aliphatic rings. The largest absolute Gasteiger partial charge is 0.505 e. The second-order valence-electron chi connectivity index (χ2n) is 4.91. The van der Waals surface area contributed by atoms with E-state index < -0.39 is 22.3 Å².